The average molecular weight is 170 g/mol. The Morgan fingerprint density at radius 2 is 2.08 bits per heavy atom. The van der Waals surface area contributed by atoms with Crippen molar-refractivity contribution in [1.29, 1.82) is 0 Å². The maximum absolute atomic E-state index is 11.2. The van der Waals surface area contributed by atoms with Gasteiger partial charge in [0.1, 0.15) is 17.3 Å². The SMILES string of the molecule is CC(C)(C)OC(=O)C1CCC1=O. The van der Waals surface area contributed by atoms with Gasteiger partial charge in [-0.3, -0.25) is 9.59 Å². The van der Waals surface area contributed by atoms with E-state index in [1.54, 1.807) is 20.8 Å². The fourth-order valence-corrected chi connectivity index (χ4v) is 1.03. The van der Waals surface area contributed by atoms with Crippen LogP contribution in [0.3, 0.4) is 0 Å². The van der Waals surface area contributed by atoms with Gasteiger partial charge in [-0.2, -0.15) is 0 Å². The van der Waals surface area contributed by atoms with Gasteiger partial charge in [0.15, 0.2) is 0 Å². The van der Waals surface area contributed by atoms with Gasteiger partial charge >= 0.3 is 5.97 Å². The number of hydrogen-bond donors (Lipinski definition) is 0. The Hall–Kier alpha value is -0.860. The van der Waals surface area contributed by atoms with Crippen LogP contribution in [0.2, 0.25) is 0 Å². The first-order valence-corrected chi connectivity index (χ1v) is 4.16. The fourth-order valence-electron chi connectivity index (χ4n) is 1.03. The highest BCUT2D eigenvalue weighted by Crippen LogP contribution is 2.25. The average Bonchev–Trinajstić information content (AvgIpc) is 1.79. The second-order valence-corrected chi connectivity index (χ2v) is 4.09. The minimum atomic E-state index is -0.479. The lowest BCUT2D eigenvalue weighted by Crippen LogP contribution is -2.38. The Kier molecular flexibility index (Phi) is 2.22. The molecule has 1 fully saturated rings. The summed E-state index contributed by atoms with van der Waals surface area (Å²) in [7, 11) is 0. The van der Waals surface area contributed by atoms with E-state index in [9.17, 15) is 9.59 Å². The third-order valence-corrected chi connectivity index (χ3v) is 1.76. The molecule has 0 bridgehead atoms. The van der Waals surface area contributed by atoms with Crippen LogP contribution in [0.5, 0.6) is 0 Å². The van der Waals surface area contributed by atoms with Gasteiger partial charge in [0.05, 0.1) is 0 Å². The number of carbonyl (C=O) groups excluding carboxylic acids is 2. The maximum atomic E-state index is 11.2. The van der Waals surface area contributed by atoms with Crippen LogP contribution < -0.4 is 0 Å². The van der Waals surface area contributed by atoms with Crippen molar-refractivity contribution >= 4 is 11.8 Å². The van der Waals surface area contributed by atoms with Crippen LogP contribution >= 0.6 is 0 Å². The van der Waals surface area contributed by atoms with Crippen molar-refractivity contribution in [3.63, 3.8) is 0 Å². The largest absolute Gasteiger partial charge is 0.459 e. The summed E-state index contributed by atoms with van der Waals surface area (Å²) in [5.41, 5.74) is -0.479. The van der Waals surface area contributed by atoms with Crippen molar-refractivity contribution in [3.8, 4) is 0 Å². The van der Waals surface area contributed by atoms with E-state index in [-0.39, 0.29) is 11.8 Å². The van der Waals surface area contributed by atoms with Gasteiger partial charge in [0, 0.05) is 6.42 Å². The molecule has 1 aliphatic rings. The molecule has 0 heterocycles. The molecule has 1 aliphatic carbocycles. The molecule has 1 saturated carbocycles. The monoisotopic (exact) mass is 170 g/mol. The van der Waals surface area contributed by atoms with E-state index in [2.05, 4.69) is 0 Å². The Labute approximate surface area is 72.1 Å². The predicted octanol–water partition coefficient (Wildman–Crippen LogP) is 1.31. The molecular formula is C9H14O3. The Morgan fingerprint density at radius 1 is 1.50 bits per heavy atom. The zero-order valence-electron chi connectivity index (χ0n) is 7.72. The fraction of sp³-hybridized carbons (Fsp3) is 0.778. The van der Waals surface area contributed by atoms with Gasteiger partial charge in [0.2, 0.25) is 0 Å². The molecule has 0 aliphatic heterocycles. The van der Waals surface area contributed by atoms with Crippen molar-refractivity contribution in [2.75, 3.05) is 0 Å². The van der Waals surface area contributed by atoms with Gasteiger partial charge in [-0.25, -0.2) is 0 Å². The lowest BCUT2D eigenvalue weighted by molar-refractivity contribution is -0.165. The van der Waals surface area contributed by atoms with E-state index in [4.69, 9.17) is 4.74 Å². The molecule has 1 rings (SSSR count). The highest BCUT2D eigenvalue weighted by molar-refractivity contribution is 6.03. The van der Waals surface area contributed by atoms with Crippen molar-refractivity contribution in [2.24, 2.45) is 5.92 Å². The molecule has 1 unspecified atom stereocenters. The Morgan fingerprint density at radius 3 is 2.33 bits per heavy atom. The molecule has 0 aromatic rings. The van der Waals surface area contributed by atoms with E-state index in [0.717, 1.165) is 0 Å². The van der Waals surface area contributed by atoms with Gasteiger partial charge in [-0.15, -0.1) is 0 Å². The summed E-state index contributed by atoms with van der Waals surface area (Å²) in [6.45, 7) is 5.40. The highest BCUT2D eigenvalue weighted by atomic mass is 16.6. The van der Waals surface area contributed by atoms with E-state index in [0.29, 0.717) is 12.8 Å². The number of hydrogen-bond acceptors (Lipinski definition) is 3. The second kappa shape index (κ2) is 2.88. The summed E-state index contributed by atoms with van der Waals surface area (Å²) in [5, 5.41) is 0. The molecule has 0 N–H and O–H groups in total. The first kappa shape index (κ1) is 9.23. The molecule has 12 heavy (non-hydrogen) atoms. The zero-order chi connectivity index (χ0) is 9.35. The molecule has 0 aromatic heterocycles. The molecule has 0 amide bonds. The van der Waals surface area contributed by atoms with Crippen LogP contribution in [0.25, 0.3) is 0 Å². The lowest BCUT2D eigenvalue weighted by Gasteiger charge is -2.27. The number of ketones is 1. The van der Waals surface area contributed by atoms with Gasteiger partial charge < -0.3 is 4.74 Å². The molecule has 0 spiro atoms. The number of rotatable bonds is 1. The number of carbonyl (C=O) groups is 2. The summed E-state index contributed by atoms with van der Waals surface area (Å²) in [4.78, 5) is 22.1. The highest BCUT2D eigenvalue weighted by Gasteiger charge is 2.37. The molecule has 1 atom stereocenters. The minimum Gasteiger partial charge on any atom is -0.459 e. The number of Topliss-reactive ketones (excluding diaryl/α,β-unsaturated/α-hetero) is 1. The van der Waals surface area contributed by atoms with E-state index < -0.39 is 11.5 Å². The molecule has 0 aromatic carbocycles. The summed E-state index contributed by atoms with van der Waals surface area (Å²) in [5.74, 6) is -0.813. The van der Waals surface area contributed by atoms with Crippen LogP contribution in [0, 0.1) is 5.92 Å². The molecular weight excluding hydrogens is 156 g/mol. The molecule has 3 heteroatoms. The van der Waals surface area contributed by atoms with Crippen molar-refractivity contribution in [1.82, 2.24) is 0 Å². The lowest BCUT2D eigenvalue weighted by atomic mass is 9.84. The number of ether oxygens (including phenoxy) is 1. The van der Waals surface area contributed by atoms with Crippen LogP contribution in [-0.4, -0.2) is 17.4 Å². The first-order chi connectivity index (χ1) is 5.40. The summed E-state index contributed by atoms with van der Waals surface area (Å²) in [6.07, 6.45) is 1.19. The van der Waals surface area contributed by atoms with Crippen LogP contribution in [-0.2, 0) is 14.3 Å². The van der Waals surface area contributed by atoms with Crippen LogP contribution in [0.4, 0.5) is 0 Å². The maximum Gasteiger partial charge on any atom is 0.317 e. The van der Waals surface area contributed by atoms with E-state index in [1.807, 2.05) is 0 Å². The van der Waals surface area contributed by atoms with Crippen molar-refractivity contribution in [3.05, 3.63) is 0 Å². The Balaban J connectivity index is 2.44. The van der Waals surface area contributed by atoms with Gasteiger partial charge in [-0.05, 0) is 27.2 Å². The predicted molar refractivity (Wildman–Crippen MR) is 43.6 cm³/mol. The summed E-state index contributed by atoms with van der Waals surface area (Å²) in [6, 6.07) is 0. The molecule has 68 valence electrons. The standard InChI is InChI=1S/C9H14O3/c1-9(2,3)12-8(11)6-4-5-7(6)10/h6H,4-5H2,1-3H3. The molecule has 0 saturated heterocycles. The van der Waals surface area contributed by atoms with E-state index >= 15 is 0 Å². The van der Waals surface area contributed by atoms with E-state index in [1.165, 1.54) is 0 Å². The normalized spacial score (nSPS) is 23.2. The van der Waals surface area contributed by atoms with Crippen molar-refractivity contribution < 1.29 is 14.3 Å². The quantitative estimate of drug-likeness (QED) is 0.440. The van der Waals surface area contributed by atoms with Gasteiger partial charge in [-0.1, -0.05) is 0 Å². The van der Waals surface area contributed by atoms with Crippen LogP contribution in [0.15, 0.2) is 0 Å². The number of esters is 1. The summed E-state index contributed by atoms with van der Waals surface area (Å²) < 4.78 is 5.05. The van der Waals surface area contributed by atoms with Crippen LogP contribution in [0.1, 0.15) is 33.6 Å². The molecule has 0 radical (unpaired) electrons. The third kappa shape index (κ3) is 2.06. The topological polar surface area (TPSA) is 43.4 Å². The zero-order valence-corrected chi connectivity index (χ0v) is 7.72. The van der Waals surface area contributed by atoms with Gasteiger partial charge in [0.25, 0.3) is 0 Å². The summed E-state index contributed by atoms with van der Waals surface area (Å²) >= 11 is 0. The molecule has 3 nitrogen and oxygen atoms in total. The smallest absolute Gasteiger partial charge is 0.317 e. The third-order valence-electron chi connectivity index (χ3n) is 1.76. The Bertz CT molecular complexity index is 212. The van der Waals surface area contributed by atoms with Crippen molar-refractivity contribution in [2.45, 2.75) is 39.2 Å². The second-order valence-electron chi connectivity index (χ2n) is 4.09. The minimum absolute atomic E-state index is 0.0178. The first-order valence-electron chi connectivity index (χ1n) is 4.16.